The Morgan fingerprint density at radius 2 is 1.96 bits per heavy atom. The molecule has 1 aromatic carbocycles. The molecule has 0 radical (unpaired) electrons. The van der Waals surface area contributed by atoms with Crippen molar-refractivity contribution in [3.8, 4) is 0 Å². The third-order valence-electron chi connectivity index (χ3n) is 3.47. The van der Waals surface area contributed by atoms with Gasteiger partial charge in [-0.1, -0.05) is 13.0 Å². The first-order valence-electron chi connectivity index (χ1n) is 8.14. The Kier molecular flexibility index (Phi) is 9.43. The summed E-state index contributed by atoms with van der Waals surface area (Å²) in [5.41, 5.74) is -0.252. The van der Waals surface area contributed by atoms with Crippen molar-refractivity contribution in [1.82, 2.24) is 15.6 Å². The van der Waals surface area contributed by atoms with Crippen molar-refractivity contribution >= 4 is 41.3 Å². The van der Waals surface area contributed by atoms with Gasteiger partial charge in [-0.2, -0.15) is 13.2 Å². The van der Waals surface area contributed by atoms with E-state index < -0.39 is 17.6 Å². The van der Waals surface area contributed by atoms with Crippen LogP contribution in [0.25, 0.3) is 0 Å². The molecule has 0 saturated heterocycles. The Morgan fingerprint density at radius 1 is 1.22 bits per heavy atom. The largest absolute Gasteiger partial charge is 0.416 e. The highest BCUT2D eigenvalue weighted by Gasteiger charge is 2.33. The van der Waals surface area contributed by atoms with Crippen LogP contribution in [0.1, 0.15) is 35.7 Å². The molecule has 27 heavy (non-hydrogen) atoms. The van der Waals surface area contributed by atoms with Crippen molar-refractivity contribution in [3.05, 3.63) is 51.2 Å². The number of nitrogens with zero attached hydrogens (tertiary/aromatic N) is 2. The van der Waals surface area contributed by atoms with Crippen LogP contribution in [0, 0.1) is 5.82 Å². The van der Waals surface area contributed by atoms with Gasteiger partial charge in [-0.15, -0.1) is 35.3 Å². The van der Waals surface area contributed by atoms with Crippen LogP contribution in [0.4, 0.5) is 17.6 Å². The van der Waals surface area contributed by atoms with Crippen LogP contribution in [0.15, 0.2) is 28.6 Å². The first-order chi connectivity index (χ1) is 12.3. The van der Waals surface area contributed by atoms with Crippen LogP contribution < -0.4 is 10.6 Å². The number of alkyl halides is 3. The van der Waals surface area contributed by atoms with Crippen LogP contribution in [0.3, 0.4) is 0 Å². The van der Waals surface area contributed by atoms with E-state index in [0.29, 0.717) is 25.1 Å². The summed E-state index contributed by atoms with van der Waals surface area (Å²) < 4.78 is 52.3. The van der Waals surface area contributed by atoms with E-state index in [1.165, 1.54) is 0 Å². The van der Waals surface area contributed by atoms with E-state index in [0.717, 1.165) is 29.3 Å². The number of thiazole rings is 1. The molecule has 0 aliphatic rings. The topological polar surface area (TPSA) is 49.3 Å². The second-order valence-electron chi connectivity index (χ2n) is 5.43. The smallest absolute Gasteiger partial charge is 0.357 e. The SMILES string of the molecule is CCNC(=NCc1ccc(F)cc1C(F)(F)F)NCc1csc(CC)n1.I. The molecular weight excluding hydrogens is 495 g/mol. The molecule has 0 fully saturated rings. The summed E-state index contributed by atoms with van der Waals surface area (Å²) in [5.74, 6) is -0.554. The zero-order chi connectivity index (χ0) is 19.2. The lowest BCUT2D eigenvalue weighted by atomic mass is 10.1. The van der Waals surface area contributed by atoms with Gasteiger partial charge in [0.25, 0.3) is 0 Å². The van der Waals surface area contributed by atoms with Gasteiger partial charge in [0.15, 0.2) is 5.96 Å². The molecule has 0 aliphatic heterocycles. The average molecular weight is 516 g/mol. The Labute approximate surface area is 176 Å². The zero-order valence-corrected chi connectivity index (χ0v) is 18.0. The molecule has 2 N–H and O–H groups in total. The molecule has 10 heteroatoms. The van der Waals surface area contributed by atoms with Gasteiger partial charge in [-0.05, 0) is 31.0 Å². The predicted molar refractivity (Wildman–Crippen MR) is 110 cm³/mol. The summed E-state index contributed by atoms with van der Waals surface area (Å²) in [6, 6.07) is 2.61. The van der Waals surface area contributed by atoms with E-state index in [2.05, 4.69) is 20.6 Å². The molecule has 1 aromatic heterocycles. The van der Waals surface area contributed by atoms with Crippen LogP contribution in [0.5, 0.6) is 0 Å². The van der Waals surface area contributed by atoms with Gasteiger partial charge in [-0.25, -0.2) is 14.4 Å². The van der Waals surface area contributed by atoms with Gasteiger partial charge >= 0.3 is 6.18 Å². The van der Waals surface area contributed by atoms with Gasteiger partial charge in [0.1, 0.15) is 5.82 Å². The minimum absolute atomic E-state index is 0. The van der Waals surface area contributed by atoms with E-state index in [1.807, 2.05) is 19.2 Å². The van der Waals surface area contributed by atoms with Crippen molar-refractivity contribution in [3.63, 3.8) is 0 Å². The Bertz CT molecular complexity index is 762. The highest BCUT2D eigenvalue weighted by Crippen LogP contribution is 2.32. The summed E-state index contributed by atoms with van der Waals surface area (Å²) in [6.45, 7) is 4.62. The lowest BCUT2D eigenvalue weighted by molar-refractivity contribution is -0.138. The van der Waals surface area contributed by atoms with Crippen LogP contribution in [0.2, 0.25) is 0 Å². The predicted octanol–water partition coefficient (Wildman–Crippen LogP) is 4.74. The minimum atomic E-state index is -4.63. The Balaban J connectivity index is 0.00000364. The average Bonchev–Trinajstić information content (AvgIpc) is 3.05. The molecule has 4 nitrogen and oxygen atoms in total. The fraction of sp³-hybridized carbons (Fsp3) is 0.412. The molecule has 0 spiro atoms. The standard InChI is InChI=1S/C17H20F4N4S.HI/c1-3-15-25-13(10-26-15)9-24-16(22-4-2)23-8-11-5-6-12(18)7-14(11)17(19,20)21;/h5-7,10H,3-4,8-9H2,1-2H3,(H2,22,23,24);1H. The van der Waals surface area contributed by atoms with E-state index in [1.54, 1.807) is 11.3 Å². The number of rotatable bonds is 6. The molecule has 0 unspecified atom stereocenters. The van der Waals surface area contributed by atoms with Crippen LogP contribution >= 0.6 is 35.3 Å². The fourth-order valence-electron chi connectivity index (χ4n) is 2.22. The maximum absolute atomic E-state index is 13.2. The van der Waals surface area contributed by atoms with Gasteiger partial charge < -0.3 is 10.6 Å². The van der Waals surface area contributed by atoms with E-state index in [-0.39, 0.29) is 36.1 Å². The maximum atomic E-state index is 13.2. The summed E-state index contributed by atoms with van der Waals surface area (Å²) in [6.07, 6.45) is -3.78. The summed E-state index contributed by atoms with van der Waals surface area (Å²) in [7, 11) is 0. The van der Waals surface area contributed by atoms with Gasteiger partial charge in [0.05, 0.1) is 29.4 Å². The Morgan fingerprint density at radius 3 is 2.56 bits per heavy atom. The van der Waals surface area contributed by atoms with Gasteiger partial charge in [0, 0.05) is 11.9 Å². The van der Waals surface area contributed by atoms with Crippen LogP contribution in [-0.4, -0.2) is 17.5 Å². The lowest BCUT2D eigenvalue weighted by Crippen LogP contribution is -2.36. The fourth-order valence-corrected chi connectivity index (χ4v) is 2.97. The van der Waals surface area contributed by atoms with E-state index >= 15 is 0 Å². The first-order valence-corrected chi connectivity index (χ1v) is 9.02. The number of hydrogen-bond acceptors (Lipinski definition) is 3. The molecule has 0 saturated carbocycles. The molecule has 150 valence electrons. The minimum Gasteiger partial charge on any atom is -0.357 e. The molecule has 0 bridgehead atoms. The summed E-state index contributed by atoms with van der Waals surface area (Å²) in [5, 5.41) is 8.96. The van der Waals surface area contributed by atoms with Crippen molar-refractivity contribution in [2.24, 2.45) is 4.99 Å². The van der Waals surface area contributed by atoms with Crippen LogP contribution in [-0.2, 0) is 25.7 Å². The van der Waals surface area contributed by atoms with E-state index in [9.17, 15) is 17.6 Å². The summed E-state index contributed by atoms with van der Waals surface area (Å²) in [4.78, 5) is 8.60. The third kappa shape index (κ3) is 7.24. The van der Waals surface area contributed by atoms with Crippen molar-refractivity contribution in [2.45, 2.75) is 39.5 Å². The normalized spacial score (nSPS) is 11.9. The molecule has 0 amide bonds. The maximum Gasteiger partial charge on any atom is 0.416 e. The molecule has 2 rings (SSSR count). The van der Waals surface area contributed by atoms with Gasteiger partial charge in [0.2, 0.25) is 0 Å². The van der Waals surface area contributed by atoms with Crippen molar-refractivity contribution in [2.75, 3.05) is 6.54 Å². The monoisotopic (exact) mass is 516 g/mol. The van der Waals surface area contributed by atoms with Crippen molar-refractivity contribution < 1.29 is 17.6 Å². The second-order valence-corrected chi connectivity index (χ2v) is 6.38. The lowest BCUT2D eigenvalue weighted by Gasteiger charge is -2.13. The van der Waals surface area contributed by atoms with E-state index in [4.69, 9.17) is 0 Å². The zero-order valence-electron chi connectivity index (χ0n) is 14.9. The number of hydrogen-bond donors (Lipinski definition) is 2. The van der Waals surface area contributed by atoms with Gasteiger partial charge in [-0.3, -0.25) is 0 Å². The summed E-state index contributed by atoms with van der Waals surface area (Å²) >= 11 is 1.56. The number of aromatic nitrogens is 1. The second kappa shape index (κ2) is 10.8. The van der Waals surface area contributed by atoms with Crippen molar-refractivity contribution in [1.29, 1.82) is 0 Å². The number of nitrogens with one attached hydrogen (secondary N) is 2. The molecule has 0 aliphatic carbocycles. The highest BCUT2D eigenvalue weighted by atomic mass is 127. The number of guanidine groups is 1. The first kappa shape index (κ1) is 23.6. The number of aliphatic imine (C=N–C) groups is 1. The third-order valence-corrected chi connectivity index (χ3v) is 4.51. The molecule has 2 aromatic rings. The quantitative estimate of drug-likeness (QED) is 0.253. The molecule has 1 heterocycles. The molecule has 0 atom stereocenters. The number of halogens is 5. The highest BCUT2D eigenvalue weighted by molar-refractivity contribution is 14.0. The molecular formula is C17H21F4IN4S. The Hall–Kier alpha value is -1.43. The number of benzene rings is 1. The number of aryl methyl sites for hydroxylation is 1.